The van der Waals surface area contributed by atoms with Gasteiger partial charge in [-0.2, -0.15) is 10.4 Å². The summed E-state index contributed by atoms with van der Waals surface area (Å²) in [5, 5.41) is 17.4. The van der Waals surface area contributed by atoms with Crippen molar-refractivity contribution >= 4 is 5.69 Å². The number of aryl methyl sites for hydroxylation is 2. The minimum atomic E-state index is -0.324. The molecule has 4 nitrogen and oxygen atoms in total. The van der Waals surface area contributed by atoms with Gasteiger partial charge in [0.2, 0.25) is 0 Å². The molecule has 1 heterocycles. The minimum absolute atomic E-state index is 0.324. The van der Waals surface area contributed by atoms with E-state index in [1.54, 1.807) is 0 Å². The maximum absolute atomic E-state index is 9.54. The van der Waals surface area contributed by atoms with Gasteiger partial charge < -0.3 is 5.32 Å². The summed E-state index contributed by atoms with van der Waals surface area (Å²) < 4.78 is 1.81. The number of nitrogens with one attached hydrogen (secondary N) is 1. The number of nitrogens with zero attached hydrogens (tertiary/aromatic N) is 3. The Labute approximate surface area is 119 Å². The van der Waals surface area contributed by atoms with Gasteiger partial charge in [0, 0.05) is 19.3 Å². The predicted octanol–water partition coefficient (Wildman–Crippen LogP) is 2.76. The molecule has 0 atom stereocenters. The van der Waals surface area contributed by atoms with E-state index >= 15 is 0 Å². The lowest BCUT2D eigenvalue weighted by Gasteiger charge is -2.43. The third-order valence-electron chi connectivity index (χ3n) is 4.10. The van der Waals surface area contributed by atoms with Crippen molar-refractivity contribution in [3.8, 4) is 6.07 Å². The van der Waals surface area contributed by atoms with Crippen molar-refractivity contribution in [2.45, 2.75) is 31.2 Å². The van der Waals surface area contributed by atoms with E-state index in [9.17, 15) is 5.26 Å². The van der Waals surface area contributed by atoms with Crippen molar-refractivity contribution in [2.24, 2.45) is 7.05 Å². The highest BCUT2D eigenvalue weighted by Gasteiger charge is 2.46. The molecule has 0 spiro atoms. The van der Waals surface area contributed by atoms with E-state index in [0.717, 1.165) is 29.8 Å². The molecule has 1 N–H and O–H groups in total. The molecule has 0 radical (unpaired) electrons. The summed E-state index contributed by atoms with van der Waals surface area (Å²) in [6.45, 7) is 2.00. The number of benzene rings is 1. The summed E-state index contributed by atoms with van der Waals surface area (Å²) >= 11 is 0. The van der Waals surface area contributed by atoms with E-state index in [1.807, 2.05) is 43.0 Å². The van der Waals surface area contributed by atoms with Gasteiger partial charge in [-0.3, -0.25) is 4.68 Å². The fourth-order valence-electron chi connectivity index (χ4n) is 2.99. The molecule has 102 valence electrons. The molecule has 3 rings (SSSR count). The lowest BCUT2D eigenvalue weighted by Crippen LogP contribution is -2.47. The summed E-state index contributed by atoms with van der Waals surface area (Å²) in [7, 11) is 1.92. The van der Waals surface area contributed by atoms with Crippen molar-refractivity contribution in [3.05, 3.63) is 47.8 Å². The van der Waals surface area contributed by atoms with Gasteiger partial charge in [0.25, 0.3) is 0 Å². The van der Waals surface area contributed by atoms with E-state index in [1.165, 1.54) is 0 Å². The van der Waals surface area contributed by atoms with Crippen LogP contribution in [0, 0.1) is 18.3 Å². The molecule has 0 saturated heterocycles. The van der Waals surface area contributed by atoms with E-state index in [-0.39, 0.29) is 5.41 Å². The molecular weight excluding hydrogens is 248 g/mol. The minimum Gasteiger partial charge on any atom is -0.379 e. The molecule has 2 aromatic rings. The highest BCUT2D eigenvalue weighted by molar-refractivity contribution is 5.49. The van der Waals surface area contributed by atoms with Gasteiger partial charge in [-0.05, 0) is 25.3 Å². The SMILES string of the molecule is Cc1nn(C)cc1NC1CC(C#N)(c2ccccc2)C1. The summed E-state index contributed by atoms with van der Waals surface area (Å²) in [5.74, 6) is 0. The Morgan fingerprint density at radius 1 is 1.35 bits per heavy atom. The smallest absolute Gasteiger partial charge is 0.0861 e. The molecule has 1 saturated carbocycles. The molecule has 4 heteroatoms. The molecule has 0 unspecified atom stereocenters. The molecular formula is C16H18N4. The first-order valence-electron chi connectivity index (χ1n) is 6.86. The number of nitriles is 1. The summed E-state index contributed by atoms with van der Waals surface area (Å²) in [6, 6.07) is 12.9. The Hall–Kier alpha value is -2.28. The average molecular weight is 266 g/mol. The van der Waals surface area contributed by atoms with E-state index in [4.69, 9.17) is 0 Å². The van der Waals surface area contributed by atoms with Crippen LogP contribution in [0.15, 0.2) is 36.5 Å². The first-order chi connectivity index (χ1) is 9.63. The molecule has 1 fully saturated rings. The molecule has 1 aliphatic carbocycles. The van der Waals surface area contributed by atoms with Gasteiger partial charge in [-0.15, -0.1) is 0 Å². The largest absolute Gasteiger partial charge is 0.379 e. The first-order valence-corrected chi connectivity index (χ1v) is 6.86. The average Bonchev–Trinajstić information content (AvgIpc) is 2.73. The van der Waals surface area contributed by atoms with E-state index < -0.39 is 0 Å². The van der Waals surface area contributed by atoms with Gasteiger partial charge in [0.05, 0.1) is 22.9 Å². The summed E-state index contributed by atoms with van der Waals surface area (Å²) in [6.07, 6.45) is 3.69. The van der Waals surface area contributed by atoms with Crippen LogP contribution in [-0.4, -0.2) is 15.8 Å². The van der Waals surface area contributed by atoms with Crippen molar-refractivity contribution in [2.75, 3.05) is 5.32 Å². The van der Waals surface area contributed by atoms with Crippen LogP contribution in [-0.2, 0) is 12.5 Å². The lowest BCUT2D eigenvalue weighted by atomic mass is 9.62. The van der Waals surface area contributed by atoms with Crippen LogP contribution < -0.4 is 5.32 Å². The van der Waals surface area contributed by atoms with Crippen LogP contribution in [0.2, 0.25) is 0 Å². The normalized spacial score (nSPS) is 24.8. The molecule has 1 aromatic heterocycles. The monoisotopic (exact) mass is 266 g/mol. The number of hydrogen-bond acceptors (Lipinski definition) is 3. The fourth-order valence-corrected chi connectivity index (χ4v) is 2.99. The van der Waals surface area contributed by atoms with Crippen molar-refractivity contribution < 1.29 is 0 Å². The van der Waals surface area contributed by atoms with E-state index in [0.29, 0.717) is 6.04 Å². The zero-order chi connectivity index (χ0) is 14.2. The molecule has 0 aliphatic heterocycles. The molecule has 1 aliphatic rings. The maximum atomic E-state index is 9.54. The highest BCUT2D eigenvalue weighted by Crippen LogP contribution is 2.44. The van der Waals surface area contributed by atoms with Crippen LogP contribution in [0.5, 0.6) is 0 Å². The van der Waals surface area contributed by atoms with E-state index in [2.05, 4.69) is 28.6 Å². The second kappa shape index (κ2) is 4.68. The van der Waals surface area contributed by atoms with Gasteiger partial charge >= 0.3 is 0 Å². The Balaban J connectivity index is 1.71. The van der Waals surface area contributed by atoms with Crippen molar-refractivity contribution in [1.82, 2.24) is 9.78 Å². The summed E-state index contributed by atoms with van der Waals surface area (Å²) in [4.78, 5) is 0. The highest BCUT2D eigenvalue weighted by atomic mass is 15.3. The first kappa shape index (κ1) is 12.7. The molecule has 0 amide bonds. The number of rotatable bonds is 3. The zero-order valence-corrected chi connectivity index (χ0v) is 11.8. The second-order valence-electron chi connectivity index (χ2n) is 5.61. The predicted molar refractivity (Wildman–Crippen MR) is 78.3 cm³/mol. The third-order valence-corrected chi connectivity index (χ3v) is 4.10. The summed E-state index contributed by atoms with van der Waals surface area (Å²) in [5.41, 5.74) is 2.87. The number of anilines is 1. The van der Waals surface area contributed by atoms with Crippen LogP contribution in [0.25, 0.3) is 0 Å². The Kier molecular flexibility index (Phi) is 2.98. The van der Waals surface area contributed by atoms with Crippen LogP contribution in [0.4, 0.5) is 5.69 Å². The lowest BCUT2D eigenvalue weighted by molar-refractivity contribution is 0.289. The van der Waals surface area contributed by atoms with Gasteiger partial charge in [0.1, 0.15) is 0 Å². The quantitative estimate of drug-likeness (QED) is 0.929. The topological polar surface area (TPSA) is 53.6 Å². The van der Waals surface area contributed by atoms with Gasteiger partial charge in [-0.1, -0.05) is 30.3 Å². The Morgan fingerprint density at radius 3 is 2.60 bits per heavy atom. The Morgan fingerprint density at radius 2 is 2.05 bits per heavy atom. The van der Waals surface area contributed by atoms with Gasteiger partial charge in [-0.25, -0.2) is 0 Å². The van der Waals surface area contributed by atoms with Crippen molar-refractivity contribution in [1.29, 1.82) is 5.26 Å². The number of hydrogen-bond donors (Lipinski definition) is 1. The van der Waals surface area contributed by atoms with Crippen LogP contribution in [0.1, 0.15) is 24.1 Å². The van der Waals surface area contributed by atoms with Crippen molar-refractivity contribution in [3.63, 3.8) is 0 Å². The standard InChI is InChI=1S/C16H18N4/c1-12-15(10-20(2)19-12)18-14-8-16(9-14,11-17)13-6-4-3-5-7-13/h3-7,10,14,18H,8-9H2,1-2H3. The zero-order valence-electron chi connectivity index (χ0n) is 11.8. The van der Waals surface area contributed by atoms with Crippen LogP contribution >= 0.6 is 0 Å². The molecule has 1 aromatic carbocycles. The third kappa shape index (κ3) is 2.05. The molecule has 20 heavy (non-hydrogen) atoms. The molecule has 0 bridgehead atoms. The second-order valence-corrected chi connectivity index (χ2v) is 5.61. The van der Waals surface area contributed by atoms with Crippen LogP contribution in [0.3, 0.4) is 0 Å². The van der Waals surface area contributed by atoms with Gasteiger partial charge in [0.15, 0.2) is 0 Å². The number of aromatic nitrogens is 2. The maximum Gasteiger partial charge on any atom is 0.0861 e. The Bertz CT molecular complexity index is 645. The fraction of sp³-hybridized carbons (Fsp3) is 0.375.